The maximum Gasteiger partial charge on any atom is 0.335 e. The van der Waals surface area contributed by atoms with Crippen molar-refractivity contribution in [2.45, 2.75) is 19.6 Å². The molecule has 0 spiro atoms. The van der Waals surface area contributed by atoms with Gasteiger partial charge in [0, 0.05) is 11.4 Å². The van der Waals surface area contributed by atoms with Crippen LogP contribution in [0.25, 0.3) is 0 Å². The molecule has 0 amide bonds. The Morgan fingerprint density at radius 1 is 1.41 bits per heavy atom. The highest BCUT2D eigenvalue weighted by Crippen LogP contribution is 2.23. The minimum absolute atomic E-state index is 0.305. The van der Waals surface area contributed by atoms with Gasteiger partial charge in [-0.3, -0.25) is 0 Å². The van der Waals surface area contributed by atoms with Crippen molar-refractivity contribution in [1.29, 1.82) is 0 Å². The molecule has 0 aromatic heterocycles. The minimum Gasteiger partial charge on any atom is -0.598 e. The van der Waals surface area contributed by atoms with Crippen LogP contribution in [0.3, 0.4) is 0 Å². The van der Waals surface area contributed by atoms with Crippen molar-refractivity contribution in [3.05, 3.63) is 47.5 Å². The summed E-state index contributed by atoms with van der Waals surface area (Å²) in [6.45, 7) is 3.32. The number of rotatable bonds is 7. The second kappa shape index (κ2) is 8.33. The third kappa shape index (κ3) is 4.33. The number of benzene rings is 1. The molecule has 0 saturated carbocycles. The Morgan fingerprint density at radius 2 is 2.14 bits per heavy atom. The predicted molar refractivity (Wildman–Crippen MR) is 85.4 cm³/mol. The molecule has 2 atom stereocenters. The second-order valence-corrected chi connectivity index (χ2v) is 6.24. The zero-order chi connectivity index (χ0) is 15.9. The first-order valence-corrected chi connectivity index (χ1v) is 8.74. The van der Waals surface area contributed by atoms with Gasteiger partial charge in [-0.1, -0.05) is 36.4 Å². The van der Waals surface area contributed by atoms with E-state index in [1.54, 1.807) is 23.6 Å². The fourth-order valence-electron chi connectivity index (χ4n) is 2.36. The lowest BCUT2D eigenvalue weighted by atomic mass is 10.1. The zero-order valence-corrected chi connectivity index (χ0v) is 13.7. The Kier molecular flexibility index (Phi) is 6.45. The molecule has 22 heavy (non-hydrogen) atoms. The molecule has 2 rings (SSSR count). The summed E-state index contributed by atoms with van der Waals surface area (Å²) in [6.07, 6.45) is 3.38. The van der Waals surface area contributed by atoms with Crippen LogP contribution in [-0.2, 0) is 32.2 Å². The quantitative estimate of drug-likeness (QED) is 0.564. The lowest BCUT2D eigenvalue weighted by Gasteiger charge is -2.25. The van der Waals surface area contributed by atoms with Crippen LogP contribution >= 0.6 is 0 Å². The molecule has 0 aliphatic carbocycles. The van der Waals surface area contributed by atoms with E-state index >= 15 is 0 Å². The van der Waals surface area contributed by atoms with Crippen molar-refractivity contribution < 1.29 is 18.8 Å². The number of ether oxygens (including phenoxy) is 2. The first-order valence-electron chi connectivity index (χ1n) is 7.22. The molecule has 1 aromatic rings. The summed E-state index contributed by atoms with van der Waals surface area (Å²) in [5, 5.41) is 0. The van der Waals surface area contributed by atoms with Crippen molar-refractivity contribution in [3.63, 3.8) is 0 Å². The van der Waals surface area contributed by atoms with Crippen molar-refractivity contribution in [1.82, 2.24) is 4.31 Å². The lowest BCUT2D eigenvalue weighted by molar-refractivity contribution is -0.139. The third-order valence-electron chi connectivity index (χ3n) is 3.43. The van der Waals surface area contributed by atoms with E-state index in [2.05, 4.69) is 0 Å². The summed E-state index contributed by atoms with van der Waals surface area (Å²) < 4.78 is 24.3. The molecular weight excluding hydrogens is 302 g/mol. The normalized spacial score (nSPS) is 19.8. The van der Waals surface area contributed by atoms with E-state index < -0.39 is 11.4 Å². The van der Waals surface area contributed by atoms with Crippen LogP contribution in [0, 0.1) is 0 Å². The van der Waals surface area contributed by atoms with Crippen LogP contribution in [0.15, 0.2) is 42.0 Å². The van der Waals surface area contributed by atoms with Gasteiger partial charge >= 0.3 is 5.97 Å². The summed E-state index contributed by atoms with van der Waals surface area (Å²) in [5.74, 6) is -0.358. The summed E-state index contributed by atoms with van der Waals surface area (Å²) >= 11 is -1.17. The van der Waals surface area contributed by atoms with Gasteiger partial charge in [0.2, 0.25) is 0 Å². The van der Waals surface area contributed by atoms with Gasteiger partial charge in [-0.25, -0.2) is 4.79 Å². The van der Waals surface area contributed by atoms with Gasteiger partial charge in [0.1, 0.15) is 12.3 Å². The first-order chi connectivity index (χ1) is 10.6. The van der Waals surface area contributed by atoms with E-state index in [-0.39, 0.29) is 12.0 Å². The molecule has 1 unspecified atom stereocenters. The molecule has 0 saturated heterocycles. The molecule has 5 nitrogen and oxygen atoms in total. The number of hydrogen-bond donors (Lipinski definition) is 0. The predicted octanol–water partition coefficient (Wildman–Crippen LogP) is 1.67. The van der Waals surface area contributed by atoms with Crippen LogP contribution in [0.2, 0.25) is 0 Å². The topological polar surface area (TPSA) is 61.8 Å². The van der Waals surface area contributed by atoms with Gasteiger partial charge in [0.25, 0.3) is 0 Å². The smallest absolute Gasteiger partial charge is 0.335 e. The summed E-state index contributed by atoms with van der Waals surface area (Å²) in [6, 6.07) is 9.48. The van der Waals surface area contributed by atoms with Gasteiger partial charge in [-0.05, 0) is 12.5 Å². The molecule has 0 N–H and O–H groups in total. The molecule has 1 aliphatic heterocycles. The van der Waals surface area contributed by atoms with Crippen molar-refractivity contribution in [2.24, 2.45) is 0 Å². The number of carbonyl (C=O) groups is 1. The fourth-order valence-corrected chi connectivity index (χ4v) is 3.18. The van der Waals surface area contributed by atoms with Crippen LogP contribution in [0.5, 0.6) is 0 Å². The standard InChI is InChI=1S/C16H21NO4S/c1-3-21-16(18)14-9-10-17(22(2)19)15(14)12-20-11-13-7-5-4-6-8-13/h4-9,15H,3,10-12H2,1-2H3/t15-,22?/m1/s1. The molecule has 0 fully saturated rings. The third-order valence-corrected chi connectivity index (χ3v) is 4.49. The van der Waals surface area contributed by atoms with Gasteiger partial charge in [-0.2, -0.15) is 0 Å². The Labute approximate surface area is 134 Å². The van der Waals surface area contributed by atoms with Gasteiger partial charge in [-0.15, -0.1) is 4.31 Å². The van der Waals surface area contributed by atoms with E-state index in [1.165, 1.54) is 0 Å². The van der Waals surface area contributed by atoms with Crippen molar-refractivity contribution in [2.75, 3.05) is 26.0 Å². The number of esters is 1. The average molecular weight is 323 g/mol. The SMILES string of the molecule is CCOC(=O)C1=CCN([S+](C)[O-])[C@@H]1COCc1ccccc1. The zero-order valence-electron chi connectivity index (χ0n) is 12.9. The van der Waals surface area contributed by atoms with E-state index in [0.717, 1.165) is 5.56 Å². The molecule has 0 radical (unpaired) electrons. The highest BCUT2D eigenvalue weighted by Gasteiger charge is 2.38. The molecule has 1 heterocycles. The maximum atomic E-state index is 12.0. The molecule has 1 aromatic carbocycles. The first kappa shape index (κ1) is 17.0. The largest absolute Gasteiger partial charge is 0.598 e. The van der Waals surface area contributed by atoms with E-state index in [4.69, 9.17) is 9.47 Å². The second-order valence-electron chi connectivity index (χ2n) is 4.92. The monoisotopic (exact) mass is 323 g/mol. The number of carbonyl (C=O) groups excluding carboxylic acids is 1. The Balaban J connectivity index is 1.96. The molecule has 6 heteroatoms. The summed E-state index contributed by atoms with van der Waals surface area (Å²) in [7, 11) is 0. The lowest BCUT2D eigenvalue weighted by Crippen LogP contribution is -2.41. The molecule has 0 bridgehead atoms. The van der Waals surface area contributed by atoms with Crippen molar-refractivity contribution in [3.8, 4) is 0 Å². The van der Waals surface area contributed by atoms with E-state index in [0.29, 0.717) is 31.9 Å². The highest BCUT2D eigenvalue weighted by molar-refractivity contribution is 7.88. The molecule has 120 valence electrons. The Bertz CT molecular complexity index is 518. The summed E-state index contributed by atoms with van der Waals surface area (Å²) in [5.41, 5.74) is 1.59. The van der Waals surface area contributed by atoms with Gasteiger partial charge in [0.15, 0.2) is 0 Å². The van der Waals surface area contributed by atoms with Crippen LogP contribution in [-0.4, -0.2) is 46.9 Å². The van der Waals surface area contributed by atoms with E-state index in [9.17, 15) is 9.35 Å². The average Bonchev–Trinajstić information content (AvgIpc) is 2.93. The van der Waals surface area contributed by atoms with Crippen LogP contribution in [0.4, 0.5) is 0 Å². The summed E-state index contributed by atoms with van der Waals surface area (Å²) in [4.78, 5) is 12.0. The van der Waals surface area contributed by atoms with Crippen LogP contribution in [0.1, 0.15) is 12.5 Å². The Hall–Kier alpha value is -1.34. The number of nitrogens with zero attached hydrogens (tertiary/aromatic N) is 1. The fraction of sp³-hybridized carbons (Fsp3) is 0.438. The highest BCUT2D eigenvalue weighted by atomic mass is 32.2. The van der Waals surface area contributed by atoms with Crippen LogP contribution < -0.4 is 0 Å². The van der Waals surface area contributed by atoms with Gasteiger partial charge < -0.3 is 14.0 Å². The van der Waals surface area contributed by atoms with Gasteiger partial charge in [0.05, 0.1) is 31.9 Å². The number of hydrogen-bond acceptors (Lipinski definition) is 5. The maximum absolute atomic E-state index is 12.0. The van der Waals surface area contributed by atoms with E-state index in [1.807, 2.05) is 30.3 Å². The molecular formula is C16H21NO4S. The Morgan fingerprint density at radius 3 is 2.77 bits per heavy atom. The minimum atomic E-state index is -1.17. The molecule has 1 aliphatic rings. The van der Waals surface area contributed by atoms with Crippen molar-refractivity contribution >= 4 is 17.3 Å².